The highest BCUT2D eigenvalue weighted by Crippen LogP contribution is 2.23. The molecule has 0 saturated heterocycles. The van der Waals surface area contributed by atoms with Gasteiger partial charge in [0.25, 0.3) is 0 Å². The van der Waals surface area contributed by atoms with E-state index in [0.717, 1.165) is 5.56 Å². The Labute approximate surface area is 135 Å². The molecule has 0 aliphatic rings. The molecule has 124 valence electrons. The van der Waals surface area contributed by atoms with Gasteiger partial charge in [-0.1, -0.05) is 0 Å². The predicted molar refractivity (Wildman–Crippen MR) is 82.8 cm³/mol. The van der Waals surface area contributed by atoms with Gasteiger partial charge in [-0.2, -0.15) is 8.78 Å². The fourth-order valence-electron chi connectivity index (χ4n) is 2.02. The molecule has 3 aromatic rings. The molecule has 8 heteroatoms. The Morgan fingerprint density at radius 1 is 1.04 bits per heavy atom. The van der Waals surface area contributed by atoms with Gasteiger partial charge in [-0.3, -0.25) is 0 Å². The topological polar surface area (TPSA) is 66.0 Å². The van der Waals surface area contributed by atoms with Crippen LogP contribution in [0, 0.1) is 0 Å². The van der Waals surface area contributed by atoms with E-state index < -0.39 is 12.8 Å². The average molecular weight is 334 g/mol. The van der Waals surface area contributed by atoms with E-state index in [1.807, 2.05) is 0 Å². The second-order valence-electron chi connectivity index (χ2n) is 5.00. The van der Waals surface area contributed by atoms with Gasteiger partial charge in [0, 0.05) is 11.3 Å². The van der Waals surface area contributed by atoms with Crippen LogP contribution in [0.2, 0.25) is 0 Å². The maximum Gasteiger partial charge on any atom is 0.427 e. The maximum atomic E-state index is 12.8. The highest BCUT2D eigenvalue weighted by atomic mass is 19.3. The molecule has 0 atom stereocenters. The minimum atomic E-state index is -3.84. The van der Waals surface area contributed by atoms with E-state index in [1.54, 1.807) is 24.3 Å². The Balaban J connectivity index is 1.79. The van der Waals surface area contributed by atoms with Crippen LogP contribution in [0.15, 0.2) is 54.9 Å². The van der Waals surface area contributed by atoms with Crippen molar-refractivity contribution < 1.29 is 17.9 Å². The fourth-order valence-corrected chi connectivity index (χ4v) is 2.02. The third-order valence-corrected chi connectivity index (χ3v) is 3.18. The molecule has 0 aliphatic heterocycles. The molecule has 1 heterocycles. The van der Waals surface area contributed by atoms with Gasteiger partial charge in [0.05, 0.1) is 5.69 Å². The van der Waals surface area contributed by atoms with E-state index in [2.05, 4.69) is 14.8 Å². The minimum Gasteiger partial charge on any atom is -0.431 e. The second kappa shape index (κ2) is 6.23. The summed E-state index contributed by atoms with van der Waals surface area (Å²) in [5.41, 5.74) is 7.67. The van der Waals surface area contributed by atoms with Crippen LogP contribution in [-0.2, 0) is 0 Å². The van der Waals surface area contributed by atoms with Crippen molar-refractivity contribution in [3.8, 4) is 22.8 Å². The molecule has 0 fully saturated rings. The Morgan fingerprint density at radius 3 is 2.33 bits per heavy atom. The van der Waals surface area contributed by atoms with Crippen LogP contribution < -0.4 is 10.5 Å². The number of hydrogen-bond donors (Lipinski definition) is 1. The van der Waals surface area contributed by atoms with E-state index in [-0.39, 0.29) is 5.75 Å². The Kier molecular flexibility index (Phi) is 4.11. The number of alkyl halides is 3. The number of benzene rings is 2. The van der Waals surface area contributed by atoms with Crippen molar-refractivity contribution in [3.63, 3.8) is 0 Å². The zero-order valence-electron chi connectivity index (χ0n) is 12.4. The van der Waals surface area contributed by atoms with E-state index in [9.17, 15) is 13.2 Å². The molecule has 0 aliphatic carbocycles. The first-order valence-electron chi connectivity index (χ1n) is 6.98. The first kappa shape index (κ1) is 15.9. The molecule has 0 unspecified atom stereocenters. The van der Waals surface area contributed by atoms with Gasteiger partial charge in [-0.05, 0) is 48.5 Å². The summed E-state index contributed by atoms with van der Waals surface area (Å²) < 4.78 is 43.5. The summed E-state index contributed by atoms with van der Waals surface area (Å²) in [6.07, 6.45) is -2.34. The van der Waals surface area contributed by atoms with Crippen molar-refractivity contribution in [1.29, 1.82) is 0 Å². The zero-order valence-corrected chi connectivity index (χ0v) is 12.4. The van der Waals surface area contributed by atoms with Gasteiger partial charge in [-0.25, -0.2) is 14.1 Å². The fraction of sp³-hybridized carbons (Fsp3) is 0.125. The van der Waals surface area contributed by atoms with Crippen LogP contribution in [-0.4, -0.2) is 27.5 Å². The number of nitrogens with two attached hydrogens (primary N) is 1. The lowest BCUT2D eigenvalue weighted by Gasteiger charge is -2.14. The lowest BCUT2D eigenvalue weighted by Crippen LogP contribution is -2.26. The Bertz CT molecular complexity index is 816. The second-order valence-corrected chi connectivity index (χ2v) is 5.00. The summed E-state index contributed by atoms with van der Waals surface area (Å²) in [6, 6.07) is 12.7. The molecule has 2 N–H and O–H groups in total. The van der Waals surface area contributed by atoms with Crippen molar-refractivity contribution >= 4 is 5.69 Å². The van der Waals surface area contributed by atoms with Crippen LogP contribution in [0.1, 0.15) is 0 Å². The van der Waals surface area contributed by atoms with Crippen LogP contribution in [0.25, 0.3) is 17.1 Å². The third kappa shape index (κ3) is 3.48. The number of nitrogens with zero attached hydrogens (tertiary/aromatic N) is 3. The first-order valence-corrected chi connectivity index (χ1v) is 6.98. The van der Waals surface area contributed by atoms with Crippen LogP contribution in [0.3, 0.4) is 0 Å². The number of halogens is 3. The van der Waals surface area contributed by atoms with E-state index in [1.165, 1.54) is 35.3 Å². The Hall–Kier alpha value is -3.03. The van der Waals surface area contributed by atoms with Gasteiger partial charge in [-0.15, -0.1) is 5.10 Å². The summed E-state index contributed by atoms with van der Waals surface area (Å²) >= 11 is 0. The van der Waals surface area contributed by atoms with Crippen LogP contribution in [0.5, 0.6) is 5.75 Å². The SMILES string of the molecule is Nc1ccc(-c2ncn(-c3ccc(OC(F)(F)CF)cc3)n2)cc1. The highest BCUT2D eigenvalue weighted by molar-refractivity contribution is 5.58. The number of anilines is 1. The monoisotopic (exact) mass is 334 g/mol. The van der Waals surface area contributed by atoms with Gasteiger partial charge >= 0.3 is 6.11 Å². The molecule has 5 nitrogen and oxygen atoms in total. The van der Waals surface area contributed by atoms with Gasteiger partial charge in [0.2, 0.25) is 0 Å². The number of nitrogen functional groups attached to an aromatic ring is 1. The Morgan fingerprint density at radius 2 is 1.71 bits per heavy atom. The van der Waals surface area contributed by atoms with Crippen LogP contribution >= 0.6 is 0 Å². The molecule has 0 amide bonds. The summed E-state index contributed by atoms with van der Waals surface area (Å²) in [7, 11) is 0. The van der Waals surface area contributed by atoms with Gasteiger partial charge < -0.3 is 10.5 Å². The number of hydrogen-bond acceptors (Lipinski definition) is 4. The number of rotatable bonds is 5. The highest BCUT2D eigenvalue weighted by Gasteiger charge is 2.31. The average Bonchev–Trinajstić information content (AvgIpc) is 3.06. The molecular formula is C16H13F3N4O. The van der Waals surface area contributed by atoms with Crippen molar-refractivity contribution in [2.75, 3.05) is 12.4 Å². The maximum absolute atomic E-state index is 12.8. The molecule has 0 spiro atoms. The summed E-state index contributed by atoms with van der Waals surface area (Å²) in [6.45, 7) is -1.89. The third-order valence-electron chi connectivity index (χ3n) is 3.18. The molecule has 0 radical (unpaired) electrons. The smallest absolute Gasteiger partial charge is 0.427 e. The molecule has 2 aromatic carbocycles. The predicted octanol–water partition coefficient (Wildman–Crippen LogP) is 3.46. The van der Waals surface area contributed by atoms with Crippen molar-refractivity contribution in [3.05, 3.63) is 54.9 Å². The van der Waals surface area contributed by atoms with Crippen LogP contribution in [0.4, 0.5) is 18.9 Å². The standard InChI is InChI=1S/C16H13F3N4O/c17-9-16(18,19)24-14-7-5-13(6-8-14)23-10-21-15(22-23)11-1-3-12(20)4-2-11/h1-8,10H,9,20H2. The van der Waals surface area contributed by atoms with Gasteiger partial charge in [0.15, 0.2) is 12.5 Å². The largest absolute Gasteiger partial charge is 0.431 e. The van der Waals surface area contributed by atoms with Crippen molar-refractivity contribution in [2.24, 2.45) is 0 Å². The first-order chi connectivity index (χ1) is 11.5. The lowest BCUT2D eigenvalue weighted by molar-refractivity contribution is -0.186. The summed E-state index contributed by atoms with van der Waals surface area (Å²) in [5, 5.41) is 4.32. The molecule has 1 aromatic heterocycles. The van der Waals surface area contributed by atoms with Crippen molar-refractivity contribution in [1.82, 2.24) is 14.8 Å². The molecule has 24 heavy (non-hydrogen) atoms. The number of ether oxygens (including phenoxy) is 1. The molecular weight excluding hydrogens is 321 g/mol. The van der Waals surface area contributed by atoms with Gasteiger partial charge in [0.1, 0.15) is 12.1 Å². The zero-order chi connectivity index (χ0) is 17.2. The van der Waals surface area contributed by atoms with E-state index in [4.69, 9.17) is 5.73 Å². The lowest BCUT2D eigenvalue weighted by atomic mass is 10.2. The normalized spacial score (nSPS) is 11.5. The molecule has 3 rings (SSSR count). The molecule has 0 bridgehead atoms. The van der Waals surface area contributed by atoms with Crippen molar-refractivity contribution in [2.45, 2.75) is 6.11 Å². The summed E-state index contributed by atoms with van der Waals surface area (Å²) in [5.74, 6) is 0.361. The minimum absolute atomic E-state index is 0.139. The quantitative estimate of drug-likeness (QED) is 0.726. The summed E-state index contributed by atoms with van der Waals surface area (Å²) in [4.78, 5) is 4.20. The van der Waals surface area contributed by atoms with E-state index >= 15 is 0 Å². The molecule has 0 saturated carbocycles. The van der Waals surface area contributed by atoms with E-state index in [0.29, 0.717) is 17.2 Å². The number of aromatic nitrogens is 3.